The van der Waals surface area contributed by atoms with E-state index in [4.69, 9.17) is 9.84 Å². The van der Waals surface area contributed by atoms with Crippen LogP contribution in [0.2, 0.25) is 0 Å². The number of carbonyl (C=O) groups is 2. The molecule has 1 aliphatic heterocycles. The standard InChI is InChI=1S/C26H23F2NO5/c27-18-5-1-16(2-6-18)23(30)14-13-22-25(17-3-11-21(12-4-17)34-15-24(31)32)29(26(22)33)20-9-7-19(28)8-10-20/h1-12,22-23,25,30H,13-15H2,(H,31,32)/t22-,23+,25-/m1/s1. The van der Waals surface area contributed by atoms with Gasteiger partial charge in [-0.2, -0.15) is 0 Å². The lowest BCUT2D eigenvalue weighted by Crippen LogP contribution is -2.55. The number of carboxylic acid groups (broad SMARTS) is 1. The van der Waals surface area contributed by atoms with Crippen LogP contribution in [-0.4, -0.2) is 28.7 Å². The number of hydrogen-bond acceptors (Lipinski definition) is 4. The summed E-state index contributed by atoms with van der Waals surface area (Å²) < 4.78 is 31.8. The molecule has 8 heteroatoms. The van der Waals surface area contributed by atoms with Gasteiger partial charge in [0.1, 0.15) is 17.4 Å². The van der Waals surface area contributed by atoms with E-state index in [1.54, 1.807) is 29.2 Å². The lowest BCUT2D eigenvalue weighted by molar-refractivity contribution is -0.139. The van der Waals surface area contributed by atoms with Crippen LogP contribution in [0, 0.1) is 17.6 Å². The Labute approximate surface area is 195 Å². The highest BCUT2D eigenvalue weighted by Crippen LogP contribution is 2.46. The summed E-state index contributed by atoms with van der Waals surface area (Å²) in [6.45, 7) is -0.465. The third kappa shape index (κ3) is 5.07. The van der Waals surface area contributed by atoms with Crippen LogP contribution in [0.4, 0.5) is 14.5 Å². The second-order valence-electron chi connectivity index (χ2n) is 8.13. The Morgan fingerprint density at radius 2 is 1.53 bits per heavy atom. The number of rotatable bonds is 9. The molecule has 0 aromatic heterocycles. The first-order chi connectivity index (χ1) is 16.3. The Balaban J connectivity index is 1.53. The van der Waals surface area contributed by atoms with Crippen molar-refractivity contribution in [3.63, 3.8) is 0 Å². The first kappa shape index (κ1) is 23.4. The van der Waals surface area contributed by atoms with Crippen LogP contribution in [0.1, 0.15) is 36.1 Å². The largest absolute Gasteiger partial charge is 0.482 e. The third-order valence-electron chi connectivity index (χ3n) is 5.91. The molecule has 1 saturated heterocycles. The van der Waals surface area contributed by atoms with Crippen LogP contribution in [0.15, 0.2) is 72.8 Å². The number of carboxylic acids is 1. The average molecular weight is 467 g/mol. The number of aliphatic carboxylic acids is 1. The smallest absolute Gasteiger partial charge is 0.341 e. The van der Waals surface area contributed by atoms with E-state index in [1.165, 1.54) is 48.5 Å². The molecule has 0 unspecified atom stereocenters. The van der Waals surface area contributed by atoms with Gasteiger partial charge in [-0.05, 0) is 72.5 Å². The molecule has 176 valence electrons. The van der Waals surface area contributed by atoms with E-state index in [2.05, 4.69) is 0 Å². The van der Waals surface area contributed by atoms with Crippen LogP contribution in [0.25, 0.3) is 0 Å². The summed E-state index contributed by atoms with van der Waals surface area (Å²) >= 11 is 0. The Bertz CT molecular complexity index is 1150. The molecule has 0 spiro atoms. The molecule has 2 N–H and O–H groups in total. The zero-order chi connectivity index (χ0) is 24.2. The van der Waals surface area contributed by atoms with Gasteiger partial charge in [-0.3, -0.25) is 4.79 Å². The summed E-state index contributed by atoms with van der Waals surface area (Å²) in [6, 6.07) is 17.7. The van der Waals surface area contributed by atoms with Gasteiger partial charge in [0.25, 0.3) is 0 Å². The van der Waals surface area contributed by atoms with Crippen LogP contribution in [0.5, 0.6) is 5.75 Å². The van der Waals surface area contributed by atoms with Crippen LogP contribution in [-0.2, 0) is 9.59 Å². The van der Waals surface area contributed by atoms with Crippen LogP contribution in [0.3, 0.4) is 0 Å². The maximum atomic E-state index is 13.4. The molecule has 0 radical (unpaired) electrons. The van der Waals surface area contributed by atoms with Crippen molar-refractivity contribution >= 4 is 17.6 Å². The lowest BCUT2D eigenvalue weighted by atomic mass is 9.78. The van der Waals surface area contributed by atoms with Crippen LogP contribution < -0.4 is 9.64 Å². The zero-order valence-electron chi connectivity index (χ0n) is 18.1. The highest BCUT2D eigenvalue weighted by atomic mass is 19.1. The number of carbonyl (C=O) groups excluding carboxylic acids is 1. The molecule has 0 saturated carbocycles. The lowest BCUT2D eigenvalue weighted by Gasteiger charge is -2.48. The molecule has 6 nitrogen and oxygen atoms in total. The molecule has 0 aliphatic carbocycles. The van der Waals surface area contributed by atoms with Crippen molar-refractivity contribution in [1.29, 1.82) is 0 Å². The van der Waals surface area contributed by atoms with Crippen molar-refractivity contribution < 1.29 is 33.3 Å². The molecular weight excluding hydrogens is 444 g/mol. The number of ether oxygens (including phenoxy) is 1. The van der Waals surface area contributed by atoms with E-state index in [0.717, 1.165) is 5.56 Å². The van der Waals surface area contributed by atoms with E-state index in [1.807, 2.05) is 0 Å². The second-order valence-corrected chi connectivity index (χ2v) is 8.13. The van der Waals surface area contributed by atoms with E-state index < -0.39 is 36.2 Å². The van der Waals surface area contributed by atoms with Gasteiger partial charge in [0, 0.05) is 5.69 Å². The van der Waals surface area contributed by atoms with E-state index in [9.17, 15) is 23.5 Å². The number of anilines is 1. The molecule has 3 aromatic carbocycles. The van der Waals surface area contributed by atoms with Crippen LogP contribution >= 0.6 is 0 Å². The van der Waals surface area contributed by atoms with E-state index in [0.29, 0.717) is 29.8 Å². The summed E-state index contributed by atoms with van der Waals surface area (Å²) in [7, 11) is 0. The molecule has 1 heterocycles. The van der Waals surface area contributed by atoms with E-state index >= 15 is 0 Å². The van der Waals surface area contributed by atoms with Gasteiger partial charge < -0.3 is 19.8 Å². The summed E-state index contributed by atoms with van der Waals surface area (Å²) in [5, 5.41) is 19.3. The van der Waals surface area contributed by atoms with Gasteiger partial charge in [0.05, 0.1) is 18.1 Å². The first-order valence-corrected chi connectivity index (χ1v) is 10.8. The van der Waals surface area contributed by atoms with Crippen molar-refractivity contribution in [1.82, 2.24) is 0 Å². The predicted octanol–water partition coefficient (Wildman–Crippen LogP) is 4.65. The van der Waals surface area contributed by atoms with Gasteiger partial charge in [-0.1, -0.05) is 24.3 Å². The Morgan fingerprint density at radius 3 is 2.12 bits per heavy atom. The number of β-lactam (4-membered cyclic amide) rings is 1. The van der Waals surface area contributed by atoms with Gasteiger partial charge in [0.2, 0.25) is 5.91 Å². The molecule has 34 heavy (non-hydrogen) atoms. The molecule has 3 atom stereocenters. The predicted molar refractivity (Wildman–Crippen MR) is 120 cm³/mol. The Hall–Kier alpha value is -3.78. The number of aliphatic hydroxyl groups is 1. The summed E-state index contributed by atoms with van der Waals surface area (Å²) in [4.78, 5) is 25.4. The van der Waals surface area contributed by atoms with Gasteiger partial charge in [-0.15, -0.1) is 0 Å². The number of nitrogens with zero attached hydrogens (tertiary/aromatic N) is 1. The summed E-state index contributed by atoms with van der Waals surface area (Å²) in [5.74, 6) is -2.08. The maximum absolute atomic E-state index is 13.4. The van der Waals surface area contributed by atoms with Crippen molar-refractivity contribution in [3.05, 3.63) is 95.6 Å². The van der Waals surface area contributed by atoms with Gasteiger partial charge in [-0.25, -0.2) is 13.6 Å². The van der Waals surface area contributed by atoms with Gasteiger partial charge >= 0.3 is 5.97 Å². The second kappa shape index (κ2) is 10.0. The minimum atomic E-state index is -1.09. The Morgan fingerprint density at radius 1 is 0.941 bits per heavy atom. The quantitative estimate of drug-likeness (QED) is 0.448. The number of hydrogen-bond donors (Lipinski definition) is 2. The number of amides is 1. The molecule has 1 fully saturated rings. The first-order valence-electron chi connectivity index (χ1n) is 10.8. The fourth-order valence-electron chi connectivity index (χ4n) is 4.20. The minimum absolute atomic E-state index is 0.144. The Kier molecular flexibility index (Phi) is 6.88. The van der Waals surface area contributed by atoms with Crippen molar-refractivity contribution in [2.75, 3.05) is 11.5 Å². The number of aliphatic hydroxyl groups excluding tert-OH is 1. The molecule has 0 bridgehead atoms. The van der Waals surface area contributed by atoms with Crippen molar-refractivity contribution in [2.24, 2.45) is 5.92 Å². The monoisotopic (exact) mass is 467 g/mol. The normalized spacial score (nSPS) is 18.3. The topological polar surface area (TPSA) is 87.1 Å². The molecule has 1 amide bonds. The molecule has 4 rings (SSSR count). The van der Waals surface area contributed by atoms with E-state index in [-0.39, 0.29) is 11.9 Å². The minimum Gasteiger partial charge on any atom is -0.482 e. The molecule has 1 aliphatic rings. The van der Waals surface area contributed by atoms with Gasteiger partial charge in [0.15, 0.2) is 6.61 Å². The third-order valence-corrected chi connectivity index (χ3v) is 5.91. The van der Waals surface area contributed by atoms with Crippen molar-refractivity contribution in [2.45, 2.75) is 25.0 Å². The fourth-order valence-corrected chi connectivity index (χ4v) is 4.20. The average Bonchev–Trinajstić information content (AvgIpc) is 2.83. The summed E-state index contributed by atoms with van der Waals surface area (Å²) in [5.41, 5.74) is 1.92. The number of benzene rings is 3. The van der Waals surface area contributed by atoms with Crippen molar-refractivity contribution in [3.8, 4) is 5.75 Å². The molecule has 3 aromatic rings. The highest BCUT2D eigenvalue weighted by molar-refractivity contribution is 6.03. The number of halogens is 2. The zero-order valence-corrected chi connectivity index (χ0v) is 18.1. The highest BCUT2D eigenvalue weighted by Gasteiger charge is 2.48. The SMILES string of the molecule is O=C(O)COc1ccc([C@@H]2[C@@H](CC[C@H](O)c3ccc(F)cc3)C(=O)N2c2ccc(F)cc2)cc1. The molecular formula is C26H23F2NO5. The maximum Gasteiger partial charge on any atom is 0.341 e. The summed E-state index contributed by atoms with van der Waals surface area (Å²) in [6.07, 6.45) is -0.159. The fraction of sp³-hybridized carbons (Fsp3) is 0.231.